The number of aryl methyl sites for hydroxylation is 2. The minimum Gasteiger partial charge on any atom is -0.507 e. The number of hydrogen-bond acceptors (Lipinski definition) is 2. The smallest absolute Gasteiger partial charge is 0.123 e. The van der Waals surface area contributed by atoms with E-state index in [-0.39, 0.29) is 11.5 Å². The zero-order valence-electron chi connectivity index (χ0n) is 23.5. The van der Waals surface area contributed by atoms with Crippen molar-refractivity contribution in [3.63, 3.8) is 0 Å². The highest BCUT2D eigenvalue weighted by atomic mass is 79.9. The molecular weight excluding hydrogens is 568 g/mol. The summed E-state index contributed by atoms with van der Waals surface area (Å²) < 4.78 is 1.01. The highest BCUT2D eigenvalue weighted by Gasteiger charge is 2.10. The highest BCUT2D eigenvalue weighted by molar-refractivity contribution is 9.10. The molecule has 5 rings (SSSR count). The molecular formula is C38H33BrO2. The molecule has 0 radical (unpaired) electrons. The summed E-state index contributed by atoms with van der Waals surface area (Å²) in [6.07, 6.45) is 4.80. The quantitative estimate of drug-likeness (QED) is 0.182. The van der Waals surface area contributed by atoms with Crippen LogP contribution in [-0.4, -0.2) is 10.2 Å². The van der Waals surface area contributed by atoms with Crippen LogP contribution in [0.2, 0.25) is 0 Å². The van der Waals surface area contributed by atoms with Crippen LogP contribution in [0, 0.1) is 13.8 Å². The topological polar surface area (TPSA) is 40.5 Å². The Morgan fingerprint density at radius 3 is 1.95 bits per heavy atom. The van der Waals surface area contributed by atoms with Gasteiger partial charge in [-0.05, 0) is 108 Å². The van der Waals surface area contributed by atoms with Crippen LogP contribution < -0.4 is 0 Å². The lowest BCUT2D eigenvalue weighted by Gasteiger charge is -2.12. The molecule has 5 aromatic rings. The molecule has 2 N–H and O–H groups in total. The van der Waals surface area contributed by atoms with Crippen LogP contribution in [0.1, 0.15) is 45.9 Å². The Labute approximate surface area is 251 Å². The molecule has 0 atom stereocenters. The second-order valence-electron chi connectivity index (χ2n) is 10.5. The lowest BCUT2D eigenvalue weighted by Crippen LogP contribution is -1.92. The first-order valence-corrected chi connectivity index (χ1v) is 14.5. The maximum Gasteiger partial charge on any atom is 0.123 e. The maximum absolute atomic E-state index is 11.1. The molecule has 2 nitrogen and oxygen atoms in total. The number of hydrogen-bond donors (Lipinski definition) is 2. The van der Waals surface area contributed by atoms with Crippen LogP contribution in [0.5, 0.6) is 11.5 Å². The first kappa shape index (κ1) is 28.2. The summed E-state index contributed by atoms with van der Waals surface area (Å²) in [5.41, 5.74) is 11.3. The van der Waals surface area contributed by atoms with Crippen molar-refractivity contribution in [1.82, 2.24) is 0 Å². The average molecular weight is 602 g/mol. The van der Waals surface area contributed by atoms with Gasteiger partial charge in [0.15, 0.2) is 0 Å². The Bertz CT molecular complexity index is 1760. The van der Waals surface area contributed by atoms with Gasteiger partial charge in [0.2, 0.25) is 0 Å². The van der Waals surface area contributed by atoms with Crippen LogP contribution in [0.4, 0.5) is 0 Å². The molecule has 0 aliphatic heterocycles. The average Bonchev–Trinajstić information content (AvgIpc) is 2.95. The lowest BCUT2D eigenvalue weighted by molar-refractivity contribution is 0.473. The summed E-state index contributed by atoms with van der Waals surface area (Å²) in [6.45, 7) is 6.26. The molecule has 0 spiro atoms. The number of aromatic hydroxyl groups is 2. The third-order valence-electron chi connectivity index (χ3n) is 7.34. The first-order chi connectivity index (χ1) is 19.8. The first-order valence-electron chi connectivity index (χ1n) is 13.7. The van der Waals surface area contributed by atoms with Gasteiger partial charge in [-0.2, -0.15) is 0 Å². The largest absolute Gasteiger partial charge is 0.507 e. The molecule has 204 valence electrons. The van der Waals surface area contributed by atoms with E-state index in [1.807, 2.05) is 60.7 Å². The van der Waals surface area contributed by atoms with Crippen molar-refractivity contribution in [3.05, 3.63) is 153 Å². The molecule has 0 aliphatic carbocycles. The maximum atomic E-state index is 11.1. The summed E-state index contributed by atoms with van der Waals surface area (Å²) in [6, 6.07) is 36.3. The van der Waals surface area contributed by atoms with E-state index in [1.165, 1.54) is 22.3 Å². The summed E-state index contributed by atoms with van der Waals surface area (Å²) >= 11 is 3.59. The fourth-order valence-electron chi connectivity index (χ4n) is 5.19. The summed E-state index contributed by atoms with van der Waals surface area (Å²) in [5, 5.41) is 21.9. The van der Waals surface area contributed by atoms with Crippen molar-refractivity contribution in [3.8, 4) is 22.6 Å². The van der Waals surface area contributed by atoms with E-state index in [0.29, 0.717) is 0 Å². The van der Waals surface area contributed by atoms with E-state index in [9.17, 15) is 10.2 Å². The monoisotopic (exact) mass is 600 g/mol. The Kier molecular flexibility index (Phi) is 8.56. The summed E-state index contributed by atoms with van der Waals surface area (Å²) in [5.74, 6) is 0.395. The molecule has 0 aromatic heterocycles. The van der Waals surface area contributed by atoms with Gasteiger partial charge in [-0.25, -0.2) is 0 Å². The third-order valence-corrected chi connectivity index (χ3v) is 7.83. The summed E-state index contributed by atoms with van der Waals surface area (Å²) in [4.78, 5) is 0. The number of rotatable bonds is 7. The lowest BCUT2D eigenvalue weighted by atomic mass is 9.94. The van der Waals surface area contributed by atoms with E-state index in [1.54, 1.807) is 12.1 Å². The molecule has 3 heteroatoms. The standard InChI is InChI=1S/C38H33BrO2/c1-25-12-17-36(26(2)18-25)27(3)19-32-15-13-30(23-37(32)40)31-14-16-33(38(41)24-31)21-34(20-28-8-5-4-6-9-28)29-10-7-11-35(39)22-29/h4-19,21-24,40-41H,20H2,1-3H3/b27-19+,34-21+. The summed E-state index contributed by atoms with van der Waals surface area (Å²) in [7, 11) is 0. The molecule has 41 heavy (non-hydrogen) atoms. The normalized spacial score (nSPS) is 12.0. The minimum atomic E-state index is 0.192. The van der Waals surface area contributed by atoms with Crippen LogP contribution in [0.25, 0.3) is 34.4 Å². The van der Waals surface area contributed by atoms with Crippen molar-refractivity contribution in [2.45, 2.75) is 27.2 Å². The van der Waals surface area contributed by atoms with Crippen molar-refractivity contribution in [2.24, 2.45) is 0 Å². The Morgan fingerprint density at radius 1 is 0.683 bits per heavy atom. The minimum absolute atomic E-state index is 0.192. The van der Waals surface area contributed by atoms with Gasteiger partial charge in [0, 0.05) is 15.6 Å². The zero-order valence-corrected chi connectivity index (χ0v) is 25.1. The highest BCUT2D eigenvalue weighted by Crippen LogP contribution is 2.34. The Hall–Kier alpha value is -4.34. The molecule has 5 aromatic carbocycles. The van der Waals surface area contributed by atoms with E-state index in [4.69, 9.17) is 0 Å². The van der Waals surface area contributed by atoms with Crippen molar-refractivity contribution in [2.75, 3.05) is 0 Å². The SMILES string of the molecule is C/C(=C\c1ccc(-c2ccc(/C=C(\Cc3ccccc3)c3cccc(Br)c3)c(O)c2)cc1O)c1ccc(C)cc1C. The fraction of sp³-hybridized carbons (Fsp3) is 0.105. The second-order valence-corrected chi connectivity index (χ2v) is 11.5. The molecule has 0 saturated heterocycles. The van der Waals surface area contributed by atoms with Crippen LogP contribution in [0.3, 0.4) is 0 Å². The molecule has 0 aliphatic rings. The van der Waals surface area contributed by atoms with Gasteiger partial charge in [-0.3, -0.25) is 0 Å². The fourth-order valence-corrected chi connectivity index (χ4v) is 5.58. The van der Waals surface area contributed by atoms with E-state index >= 15 is 0 Å². The Morgan fingerprint density at radius 2 is 1.34 bits per heavy atom. The number of halogens is 1. The van der Waals surface area contributed by atoms with Crippen LogP contribution in [0.15, 0.2) is 114 Å². The molecule has 0 heterocycles. The molecule has 0 fully saturated rings. The van der Waals surface area contributed by atoms with Gasteiger partial charge >= 0.3 is 0 Å². The van der Waals surface area contributed by atoms with E-state index in [2.05, 4.69) is 85.2 Å². The van der Waals surface area contributed by atoms with Gasteiger partial charge in [0.25, 0.3) is 0 Å². The van der Waals surface area contributed by atoms with Gasteiger partial charge in [-0.15, -0.1) is 0 Å². The van der Waals surface area contributed by atoms with Gasteiger partial charge in [0.05, 0.1) is 0 Å². The number of allylic oxidation sites excluding steroid dienone is 2. The van der Waals surface area contributed by atoms with E-state index in [0.717, 1.165) is 49.9 Å². The number of benzene rings is 5. The molecule has 0 bridgehead atoms. The van der Waals surface area contributed by atoms with Crippen LogP contribution in [-0.2, 0) is 6.42 Å². The van der Waals surface area contributed by atoms with Gasteiger partial charge in [-0.1, -0.05) is 106 Å². The van der Waals surface area contributed by atoms with Crippen molar-refractivity contribution < 1.29 is 10.2 Å². The predicted octanol–water partition coefficient (Wildman–Crippen LogP) is 10.5. The number of phenols is 2. The third kappa shape index (κ3) is 6.87. The molecule has 0 saturated carbocycles. The molecule has 0 unspecified atom stereocenters. The Balaban J connectivity index is 1.44. The zero-order chi connectivity index (χ0) is 28.9. The van der Waals surface area contributed by atoms with Gasteiger partial charge in [0.1, 0.15) is 11.5 Å². The predicted molar refractivity (Wildman–Crippen MR) is 177 cm³/mol. The van der Waals surface area contributed by atoms with E-state index < -0.39 is 0 Å². The molecule has 0 amide bonds. The van der Waals surface area contributed by atoms with Gasteiger partial charge < -0.3 is 10.2 Å². The number of phenolic OH excluding ortho intramolecular Hbond substituents is 2. The van der Waals surface area contributed by atoms with Crippen LogP contribution >= 0.6 is 15.9 Å². The second kappa shape index (κ2) is 12.4. The van der Waals surface area contributed by atoms with Crippen molar-refractivity contribution in [1.29, 1.82) is 0 Å². The van der Waals surface area contributed by atoms with Crippen molar-refractivity contribution >= 4 is 39.2 Å².